The molecule has 1 heterocycles. The largest absolute Gasteiger partial charge is 0.481 e. The van der Waals surface area contributed by atoms with Crippen LogP contribution >= 0.6 is 11.8 Å². The van der Waals surface area contributed by atoms with Crippen LogP contribution in [0.25, 0.3) is 0 Å². The van der Waals surface area contributed by atoms with Crippen molar-refractivity contribution in [1.29, 1.82) is 0 Å². The molecule has 6 nitrogen and oxygen atoms in total. The van der Waals surface area contributed by atoms with Crippen molar-refractivity contribution in [3.63, 3.8) is 0 Å². The number of aliphatic carboxylic acids is 1. The van der Waals surface area contributed by atoms with Crippen molar-refractivity contribution in [2.75, 3.05) is 45.2 Å². The number of carbonyl (C=O) groups is 2. The van der Waals surface area contributed by atoms with E-state index in [0.29, 0.717) is 18.8 Å². The highest BCUT2D eigenvalue weighted by Crippen LogP contribution is 2.19. The maximum absolute atomic E-state index is 12.1. The first-order valence-electron chi connectivity index (χ1n) is 6.99. The van der Waals surface area contributed by atoms with E-state index in [9.17, 15) is 9.59 Å². The van der Waals surface area contributed by atoms with Gasteiger partial charge in [0.05, 0.1) is 12.5 Å². The van der Waals surface area contributed by atoms with Crippen molar-refractivity contribution in [3.05, 3.63) is 0 Å². The zero-order chi connectivity index (χ0) is 15.0. The van der Waals surface area contributed by atoms with Gasteiger partial charge in [0.2, 0.25) is 0 Å². The Bertz CT molecular complexity index is 326. The molecule has 0 aromatic carbocycles. The van der Waals surface area contributed by atoms with Crippen LogP contribution in [-0.4, -0.2) is 78.2 Å². The fourth-order valence-corrected chi connectivity index (χ4v) is 3.21. The number of hydrogen-bond acceptors (Lipinski definition) is 4. The second-order valence-corrected chi connectivity index (χ2v) is 6.41. The number of hydrogen-bond donors (Lipinski definition) is 2. The number of nitrogens with one attached hydrogen (secondary N) is 1. The molecule has 1 fully saturated rings. The Kier molecular flexibility index (Phi) is 7.76. The van der Waals surface area contributed by atoms with E-state index < -0.39 is 5.97 Å². The Labute approximate surface area is 124 Å². The zero-order valence-corrected chi connectivity index (χ0v) is 13.1. The lowest BCUT2D eigenvalue weighted by molar-refractivity contribution is -0.137. The predicted molar refractivity (Wildman–Crippen MR) is 81.3 cm³/mol. The highest BCUT2D eigenvalue weighted by molar-refractivity contribution is 7.99. The third-order valence-electron chi connectivity index (χ3n) is 3.21. The third kappa shape index (κ3) is 6.47. The molecule has 2 amide bonds. The minimum Gasteiger partial charge on any atom is -0.481 e. The lowest BCUT2D eigenvalue weighted by atomic mass is 10.2. The van der Waals surface area contributed by atoms with Crippen LogP contribution in [0.3, 0.4) is 0 Å². The standard InChI is InChI=1S/C13H25N3O3S/c1-15(2)6-4-3-5-14-13(19)16-7-8-20-10-11(16)9-12(17)18/h11H,3-10H2,1-2H3,(H,14,19)(H,17,18). The van der Waals surface area contributed by atoms with E-state index in [-0.39, 0.29) is 18.5 Å². The molecule has 1 rings (SSSR count). The molecule has 0 radical (unpaired) electrons. The Balaban J connectivity index is 2.30. The molecular weight excluding hydrogens is 278 g/mol. The zero-order valence-electron chi connectivity index (χ0n) is 12.3. The summed E-state index contributed by atoms with van der Waals surface area (Å²) in [6.07, 6.45) is 2.01. The SMILES string of the molecule is CN(C)CCCCNC(=O)N1CCSCC1CC(=O)O. The Hall–Kier alpha value is -0.950. The number of carboxylic acids is 1. The first kappa shape index (κ1) is 17.1. The van der Waals surface area contributed by atoms with Crippen molar-refractivity contribution < 1.29 is 14.7 Å². The molecule has 1 atom stereocenters. The summed E-state index contributed by atoms with van der Waals surface area (Å²) >= 11 is 1.71. The van der Waals surface area contributed by atoms with Crippen LogP contribution in [-0.2, 0) is 4.79 Å². The number of carbonyl (C=O) groups excluding carboxylic acids is 1. The van der Waals surface area contributed by atoms with Gasteiger partial charge in [0.15, 0.2) is 0 Å². The van der Waals surface area contributed by atoms with Crippen LogP contribution in [0.1, 0.15) is 19.3 Å². The molecular formula is C13H25N3O3S. The van der Waals surface area contributed by atoms with E-state index in [1.54, 1.807) is 16.7 Å². The molecule has 1 saturated heterocycles. The maximum Gasteiger partial charge on any atom is 0.317 e. The molecule has 20 heavy (non-hydrogen) atoms. The molecule has 0 aliphatic carbocycles. The molecule has 0 saturated carbocycles. The predicted octanol–water partition coefficient (Wildman–Crippen LogP) is 0.930. The normalized spacial score (nSPS) is 19.1. The van der Waals surface area contributed by atoms with Gasteiger partial charge in [-0.1, -0.05) is 0 Å². The fraction of sp³-hybridized carbons (Fsp3) is 0.846. The minimum atomic E-state index is -0.846. The van der Waals surface area contributed by atoms with E-state index in [2.05, 4.69) is 10.2 Å². The number of thioether (sulfide) groups is 1. The average Bonchev–Trinajstić information content (AvgIpc) is 2.37. The second kappa shape index (κ2) is 9.07. The summed E-state index contributed by atoms with van der Waals surface area (Å²) < 4.78 is 0. The van der Waals surface area contributed by atoms with E-state index in [4.69, 9.17) is 5.11 Å². The van der Waals surface area contributed by atoms with Crippen molar-refractivity contribution in [3.8, 4) is 0 Å². The maximum atomic E-state index is 12.1. The van der Waals surface area contributed by atoms with Gasteiger partial charge in [-0.15, -0.1) is 0 Å². The van der Waals surface area contributed by atoms with Crippen molar-refractivity contribution >= 4 is 23.8 Å². The number of amides is 2. The van der Waals surface area contributed by atoms with Crippen molar-refractivity contribution in [2.24, 2.45) is 0 Å². The monoisotopic (exact) mass is 303 g/mol. The van der Waals surface area contributed by atoms with E-state index in [1.165, 1.54) is 0 Å². The quantitative estimate of drug-likeness (QED) is 0.685. The van der Waals surface area contributed by atoms with Crippen LogP contribution in [0.5, 0.6) is 0 Å². The Morgan fingerprint density at radius 3 is 2.80 bits per heavy atom. The molecule has 7 heteroatoms. The van der Waals surface area contributed by atoms with Crippen LogP contribution in [0, 0.1) is 0 Å². The molecule has 0 bridgehead atoms. The number of carboxylic acid groups (broad SMARTS) is 1. The highest BCUT2D eigenvalue weighted by atomic mass is 32.2. The van der Waals surface area contributed by atoms with Crippen LogP contribution in [0.2, 0.25) is 0 Å². The Morgan fingerprint density at radius 2 is 2.15 bits per heavy atom. The van der Waals surface area contributed by atoms with Gasteiger partial charge in [0, 0.05) is 24.6 Å². The van der Waals surface area contributed by atoms with Crippen molar-refractivity contribution in [2.45, 2.75) is 25.3 Å². The van der Waals surface area contributed by atoms with Gasteiger partial charge >= 0.3 is 12.0 Å². The van der Waals surface area contributed by atoms with E-state index in [1.807, 2.05) is 14.1 Å². The summed E-state index contributed by atoms with van der Waals surface area (Å²) in [4.78, 5) is 26.7. The number of unbranched alkanes of at least 4 members (excludes halogenated alkanes) is 1. The summed E-state index contributed by atoms with van der Waals surface area (Å²) in [7, 11) is 4.06. The number of rotatable bonds is 7. The van der Waals surface area contributed by atoms with Gasteiger partial charge in [-0.05, 0) is 33.5 Å². The smallest absolute Gasteiger partial charge is 0.317 e. The highest BCUT2D eigenvalue weighted by Gasteiger charge is 2.28. The number of nitrogens with zero attached hydrogens (tertiary/aromatic N) is 2. The summed E-state index contributed by atoms with van der Waals surface area (Å²) in [6.45, 7) is 2.29. The molecule has 0 spiro atoms. The van der Waals surface area contributed by atoms with Gasteiger partial charge in [0.25, 0.3) is 0 Å². The van der Waals surface area contributed by atoms with Gasteiger partial charge in [-0.2, -0.15) is 11.8 Å². The molecule has 1 aliphatic heterocycles. The van der Waals surface area contributed by atoms with Crippen LogP contribution in [0.4, 0.5) is 4.79 Å². The first-order chi connectivity index (χ1) is 9.50. The van der Waals surface area contributed by atoms with E-state index in [0.717, 1.165) is 25.1 Å². The van der Waals surface area contributed by atoms with Crippen molar-refractivity contribution in [1.82, 2.24) is 15.1 Å². The summed E-state index contributed by atoms with van der Waals surface area (Å²) in [5.74, 6) is 0.742. The third-order valence-corrected chi connectivity index (χ3v) is 4.30. The van der Waals surface area contributed by atoms with Gasteiger partial charge in [-0.25, -0.2) is 4.79 Å². The van der Waals surface area contributed by atoms with Crippen LogP contribution < -0.4 is 5.32 Å². The Morgan fingerprint density at radius 1 is 1.40 bits per heavy atom. The lowest BCUT2D eigenvalue weighted by Crippen LogP contribution is -2.51. The molecule has 1 unspecified atom stereocenters. The lowest BCUT2D eigenvalue weighted by Gasteiger charge is -2.34. The average molecular weight is 303 g/mol. The van der Waals surface area contributed by atoms with Crippen LogP contribution in [0.15, 0.2) is 0 Å². The molecule has 0 aromatic rings. The first-order valence-corrected chi connectivity index (χ1v) is 8.15. The minimum absolute atomic E-state index is 0.0288. The fourth-order valence-electron chi connectivity index (χ4n) is 2.14. The molecule has 1 aliphatic rings. The summed E-state index contributed by atoms with van der Waals surface area (Å²) in [5.41, 5.74) is 0. The molecule has 0 aromatic heterocycles. The molecule has 116 valence electrons. The second-order valence-electron chi connectivity index (χ2n) is 5.26. The van der Waals surface area contributed by atoms with Gasteiger partial charge in [-0.3, -0.25) is 4.79 Å². The molecule has 2 N–H and O–H groups in total. The number of urea groups is 1. The topological polar surface area (TPSA) is 72.9 Å². The van der Waals surface area contributed by atoms with Gasteiger partial charge in [0.1, 0.15) is 0 Å². The van der Waals surface area contributed by atoms with Gasteiger partial charge < -0.3 is 20.2 Å². The summed E-state index contributed by atoms with van der Waals surface area (Å²) in [5, 5.41) is 11.8. The summed E-state index contributed by atoms with van der Waals surface area (Å²) in [6, 6.07) is -0.311. The van der Waals surface area contributed by atoms with E-state index >= 15 is 0 Å².